The zero-order valence-electron chi connectivity index (χ0n) is 50.2. The first-order valence-corrected chi connectivity index (χ1v) is 26.4. The van der Waals surface area contributed by atoms with Crippen LogP contribution in [0.4, 0.5) is 0 Å². The number of ether oxygens (including phenoxy) is 1. The Bertz CT molecular complexity index is 2960. The third-order valence-electron chi connectivity index (χ3n) is 11.4. The Morgan fingerprint density at radius 1 is 0.506 bits per heavy atom. The van der Waals surface area contributed by atoms with E-state index in [2.05, 4.69) is 108 Å². The van der Waals surface area contributed by atoms with Crippen LogP contribution in [0.5, 0.6) is 0 Å². The van der Waals surface area contributed by atoms with Crippen molar-refractivity contribution in [3.05, 3.63) is 308 Å². The van der Waals surface area contributed by atoms with Gasteiger partial charge in [-0.3, -0.25) is 31.3 Å². The molecule has 1 aromatic heterocycles. The molecule has 0 saturated heterocycles. The summed E-state index contributed by atoms with van der Waals surface area (Å²) in [6.07, 6.45) is 75.9. The number of rotatable bonds is 21. The van der Waals surface area contributed by atoms with Gasteiger partial charge in [0.25, 0.3) is 0 Å². The van der Waals surface area contributed by atoms with Gasteiger partial charge in [-0.1, -0.05) is 123 Å². The molecule has 0 unspecified atom stereocenters. The molecule has 89 heavy (non-hydrogen) atoms. The zero-order valence-corrected chi connectivity index (χ0v) is 64.4. The number of hydrogen-bond donors (Lipinski definition) is 0. The van der Waals surface area contributed by atoms with Gasteiger partial charge in [-0.05, 0) is 99.1 Å². The normalized spacial score (nSPS) is 14.3. The third kappa shape index (κ3) is 46.1. The molecule has 0 spiro atoms. The van der Waals surface area contributed by atoms with Gasteiger partial charge in [0.15, 0.2) is 11.6 Å². The molecule has 14 heteroatoms. The molecule has 0 saturated carbocycles. The first kappa shape index (κ1) is 96.4. The number of nitrogens with zero attached hydrogens (tertiary/aromatic N) is 1. The van der Waals surface area contributed by atoms with Crippen molar-refractivity contribution in [3.8, 4) is 0 Å². The monoisotopic (exact) mass is 1570 g/mol. The van der Waals surface area contributed by atoms with Crippen LogP contribution in [0, 0.1) is 63.3 Å². The van der Waals surface area contributed by atoms with Crippen molar-refractivity contribution in [2.75, 3.05) is 20.6 Å². The van der Waals surface area contributed by atoms with Crippen molar-refractivity contribution in [3.63, 3.8) is 0 Å². The van der Waals surface area contributed by atoms with Gasteiger partial charge in [0, 0.05) is 209 Å². The fourth-order valence-electron chi connectivity index (χ4n) is 7.41. The number of Topliss-reactive ketones (excluding diaryl/α,β-unsaturated/α-hetero) is 3. The van der Waals surface area contributed by atoms with Crippen LogP contribution in [0.15, 0.2) is 237 Å². The molecule has 7 aliphatic carbocycles. The molecule has 8 rings (SSSR count). The minimum Gasteiger partial charge on any atom is -0.486 e. The number of ketones is 3. The summed E-state index contributed by atoms with van der Waals surface area (Å²) < 4.78 is 9.52. The van der Waals surface area contributed by atoms with E-state index < -0.39 is 11.9 Å². The van der Waals surface area contributed by atoms with Crippen LogP contribution >= 0.6 is 0 Å². The topological polar surface area (TPSA) is 128 Å². The Kier molecular flexibility index (Phi) is 67.0. The fourth-order valence-corrected chi connectivity index (χ4v) is 7.41. The van der Waals surface area contributed by atoms with Gasteiger partial charge in [-0.15, -0.1) is 18.2 Å². The number of carbonyl (C=O) groups excluding carboxylic acids is 6. The standard InChI is InChI=1S/2C14H12.C13H12O2.C13H10O.C10H15NO.C5H4O.C4H6O3.2CH4.5Y/c2*1-2-3-6-12-9-10-14(11-12)13-7-4-5-8-13;1-2-3-8-12(14)9-10-13(15)11-6-4-5-7-11;1-2-3-8-12-9-10-13(14-12)11-6-4-5-7-11;1-11(2)8-7-10(12)9-5-3-4-6-9;1-2-3-4-5-6;1-3(5)7-4(2)6;;;;;;;/h2*1-5,7,9-10H,8,11H2;1-6H,7,9-10H2;1-6,9-10H,7H2;3-5H,6-8H2,1-2H3;1-3,5H;1-2H3;2*1H4;;;;;/q4*-2;;-2;;;;;;;;. The predicted octanol–water partition coefficient (Wildman–Crippen LogP) is 15.7. The maximum absolute atomic E-state index is 11.5. The minimum absolute atomic E-state index is 0. The average Bonchev–Trinajstić information content (AvgIpc) is 3.55. The van der Waals surface area contributed by atoms with Crippen LogP contribution in [0.1, 0.15) is 104 Å². The molecule has 7 aliphatic rings. The van der Waals surface area contributed by atoms with E-state index >= 15 is 0 Å². The van der Waals surface area contributed by atoms with Crippen molar-refractivity contribution >= 4 is 41.1 Å². The van der Waals surface area contributed by atoms with E-state index in [1.165, 1.54) is 95.4 Å². The number of allylic oxidation sites excluding steroid dienone is 42. The maximum atomic E-state index is 11.5. The van der Waals surface area contributed by atoms with E-state index in [1.807, 2.05) is 67.6 Å². The first-order chi connectivity index (χ1) is 39.7. The number of furan rings is 1. The summed E-state index contributed by atoms with van der Waals surface area (Å²) in [7, 11) is 3.96. The largest absolute Gasteiger partial charge is 0.486 e. The number of aldehydes is 1. The van der Waals surface area contributed by atoms with Gasteiger partial charge in [-0.25, -0.2) is 6.08 Å². The van der Waals surface area contributed by atoms with Crippen molar-refractivity contribution in [2.45, 2.75) is 92.9 Å². The van der Waals surface area contributed by atoms with Gasteiger partial charge >= 0.3 is 11.9 Å². The van der Waals surface area contributed by atoms with Crippen molar-refractivity contribution in [1.29, 1.82) is 0 Å². The summed E-state index contributed by atoms with van der Waals surface area (Å²) in [5.41, 5.74) is 11.0. The number of esters is 2. The molecule has 0 atom stereocenters. The second kappa shape index (κ2) is 61.8. The molecule has 0 aliphatic heterocycles. The van der Waals surface area contributed by atoms with Crippen LogP contribution in [0.2, 0.25) is 0 Å². The van der Waals surface area contributed by atoms with Crippen molar-refractivity contribution < 1.29 is 201 Å². The number of carbonyl (C=O) groups is 6. The molecule has 457 valence electrons. The van der Waals surface area contributed by atoms with Gasteiger partial charge < -0.3 is 129 Å². The van der Waals surface area contributed by atoms with Crippen LogP contribution in [-0.2, 0) is 197 Å². The van der Waals surface area contributed by atoms with E-state index in [0.29, 0.717) is 24.9 Å². The maximum Gasteiger partial charge on any atom is 0.310 e. The quantitative estimate of drug-likeness (QED) is 0.0295. The predicted molar refractivity (Wildman–Crippen MR) is 341 cm³/mol. The van der Waals surface area contributed by atoms with Crippen LogP contribution < -0.4 is 0 Å². The second-order valence-corrected chi connectivity index (χ2v) is 18.0. The van der Waals surface area contributed by atoms with E-state index in [1.54, 1.807) is 24.3 Å². The van der Waals surface area contributed by atoms with Crippen LogP contribution in [0.3, 0.4) is 0 Å². The van der Waals surface area contributed by atoms with Gasteiger partial charge in [0.05, 0.1) is 0 Å². The molecular formula is C75H79NO8Y5-10. The SMILES string of the molecule is C.C.CC(=O)OC(C)=O.CN(C)CCC(=O)C1=CC=CC1.[CH-]=CC=[C-]C(=O)CCC(=O)C1=CC=CC1.[CH-]=CC=[C-]C1=CC=C(C2=CC=CC2)C1.[CH-]=CC=[C-]C1=CC=C(C2=CC=CC2)C1.[CH-]=CC=[C-]C=O.[CH-]=CC=[C-]c1ccc(C2=CC=CC2)o1.[Y].[Y].[Y].[Y].[Y]. The summed E-state index contributed by atoms with van der Waals surface area (Å²) >= 11 is 0. The Morgan fingerprint density at radius 2 is 0.921 bits per heavy atom. The van der Waals surface area contributed by atoms with Gasteiger partial charge in [0.1, 0.15) is 5.76 Å². The first-order valence-electron chi connectivity index (χ1n) is 26.4. The number of hydrogen-bond acceptors (Lipinski definition) is 9. The molecule has 5 radical (unpaired) electrons. The van der Waals surface area contributed by atoms with Gasteiger partial charge in [0.2, 0.25) is 0 Å². The van der Waals surface area contributed by atoms with Crippen molar-refractivity contribution in [1.82, 2.24) is 4.90 Å². The Balaban J connectivity index is -0.000000227. The Labute approximate surface area is 659 Å². The average molecular weight is 1570 g/mol. The molecule has 0 N–H and O–H groups in total. The molecule has 0 bridgehead atoms. The van der Waals surface area contributed by atoms with Crippen LogP contribution in [0.25, 0.3) is 5.57 Å². The van der Waals surface area contributed by atoms with Crippen LogP contribution in [-0.4, -0.2) is 61.1 Å². The fraction of sp³-hybridized carbons (Fsp3) is 0.227. The Morgan fingerprint density at radius 3 is 1.28 bits per heavy atom. The molecule has 0 aromatic carbocycles. The summed E-state index contributed by atoms with van der Waals surface area (Å²) in [4.78, 5) is 65.0. The van der Waals surface area contributed by atoms with Gasteiger partial charge in [-0.2, -0.15) is 23.3 Å². The summed E-state index contributed by atoms with van der Waals surface area (Å²) in [6.45, 7) is 28.8. The molecule has 0 amide bonds. The van der Waals surface area contributed by atoms with E-state index in [0.717, 1.165) is 62.0 Å². The third-order valence-corrected chi connectivity index (χ3v) is 11.4. The second-order valence-electron chi connectivity index (χ2n) is 18.0. The van der Waals surface area contributed by atoms with Crippen molar-refractivity contribution in [2.24, 2.45) is 0 Å². The molecule has 0 fully saturated rings. The summed E-state index contributed by atoms with van der Waals surface area (Å²) in [5.74, 6) is 0.606. The molecule has 1 aromatic rings. The molecule has 1 heterocycles. The molecule has 9 nitrogen and oxygen atoms in total. The Hall–Kier alpha value is -3.66. The molecular weight excluding hydrogens is 1490 g/mol. The smallest absolute Gasteiger partial charge is 0.310 e. The van der Waals surface area contributed by atoms with E-state index in [-0.39, 0.29) is 209 Å². The zero-order chi connectivity index (χ0) is 60.2. The summed E-state index contributed by atoms with van der Waals surface area (Å²) in [6, 6.07) is 3.83. The van der Waals surface area contributed by atoms with E-state index in [4.69, 9.17) is 37.3 Å². The van der Waals surface area contributed by atoms with E-state index in [9.17, 15) is 28.8 Å². The minimum atomic E-state index is -0.562. The summed E-state index contributed by atoms with van der Waals surface area (Å²) in [5, 5.41) is 0.